The molecule has 1 fully saturated rings. The molecule has 9 heteroatoms. The van der Waals surface area contributed by atoms with Gasteiger partial charge in [-0.15, -0.1) is 24.0 Å². The third-order valence-electron chi connectivity index (χ3n) is 4.74. The number of piperidine rings is 1. The number of methoxy groups -OCH3 is 1. The molecular formula is C21H44IN5O3. The van der Waals surface area contributed by atoms with Crippen LogP contribution in [0.3, 0.4) is 0 Å². The number of likely N-dealkylation sites (tertiary alicyclic amines) is 1. The van der Waals surface area contributed by atoms with Crippen LogP contribution < -0.4 is 10.6 Å². The Morgan fingerprint density at radius 2 is 1.93 bits per heavy atom. The molecule has 1 unspecified atom stereocenters. The molecule has 1 aliphatic rings. The third kappa shape index (κ3) is 12.8. The van der Waals surface area contributed by atoms with Gasteiger partial charge in [-0.1, -0.05) is 6.92 Å². The first-order valence-corrected chi connectivity index (χ1v) is 10.8. The number of halogens is 1. The maximum atomic E-state index is 12.1. The van der Waals surface area contributed by atoms with Crippen molar-refractivity contribution in [3.63, 3.8) is 0 Å². The number of carbonyl (C=O) groups excluding carboxylic acids is 1. The van der Waals surface area contributed by atoms with Crippen molar-refractivity contribution in [2.75, 3.05) is 60.0 Å². The number of amides is 1. The van der Waals surface area contributed by atoms with E-state index in [1.165, 1.54) is 0 Å². The smallest absolute Gasteiger partial charge is 0.410 e. The normalized spacial score (nSPS) is 17.1. The molecule has 1 aliphatic heterocycles. The summed E-state index contributed by atoms with van der Waals surface area (Å²) < 4.78 is 10.6. The summed E-state index contributed by atoms with van der Waals surface area (Å²) in [6.07, 6.45) is 1.91. The Balaban J connectivity index is 0.00000841. The SMILES string of the molecule is CCNC(=NCC(C)CN(C)C(=O)OC(C)(C)C)NC1CCN(CCOC)CC1.I. The van der Waals surface area contributed by atoms with Gasteiger partial charge < -0.3 is 29.9 Å². The Morgan fingerprint density at radius 3 is 2.47 bits per heavy atom. The lowest BCUT2D eigenvalue weighted by Gasteiger charge is -2.33. The molecule has 178 valence electrons. The van der Waals surface area contributed by atoms with E-state index in [2.05, 4.69) is 29.4 Å². The number of ether oxygens (including phenoxy) is 2. The Bertz CT molecular complexity index is 505. The highest BCUT2D eigenvalue weighted by molar-refractivity contribution is 14.0. The van der Waals surface area contributed by atoms with Gasteiger partial charge in [-0.05, 0) is 46.5 Å². The highest BCUT2D eigenvalue weighted by atomic mass is 127. The molecule has 0 spiro atoms. The van der Waals surface area contributed by atoms with Crippen LogP contribution in [0.2, 0.25) is 0 Å². The van der Waals surface area contributed by atoms with Crippen LogP contribution in [-0.4, -0.2) is 93.5 Å². The molecule has 0 bridgehead atoms. The molecule has 0 aromatic heterocycles. The van der Waals surface area contributed by atoms with Gasteiger partial charge in [0.2, 0.25) is 0 Å². The first kappa shape index (κ1) is 29.2. The molecule has 0 saturated carbocycles. The van der Waals surface area contributed by atoms with E-state index in [-0.39, 0.29) is 36.0 Å². The highest BCUT2D eigenvalue weighted by Gasteiger charge is 2.22. The molecule has 1 amide bonds. The second-order valence-corrected chi connectivity index (χ2v) is 8.94. The largest absolute Gasteiger partial charge is 0.444 e. The van der Waals surface area contributed by atoms with E-state index in [1.54, 1.807) is 19.1 Å². The lowest BCUT2D eigenvalue weighted by molar-refractivity contribution is 0.0279. The van der Waals surface area contributed by atoms with Crippen molar-refractivity contribution in [1.82, 2.24) is 20.4 Å². The summed E-state index contributed by atoms with van der Waals surface area (Å²) in [4.78, 5) is 20.9. The molecule has 30 heavy (non-hydrogen) atoms. The second-order valence-electron chi connectivity index (χ2n) is 8.94. The van der Waals surface area contributed by atoms with Gasteiger partial charge >= 0.3 is 6.09 Å². The fourth-order valence-electron chi connectivity index (χ4n) is 3.22. The molecule has 2 N–H and O–H groups in total. The highest BCUT2D eigenvalue weighted by Crippen LogP contribution is 2.11. The van der Waals surface area contributed by atoms with Gasteiger partial charge in [0, 0.05) is 59.5 Å². The van der Waals surface area contributed by atoms with Crippen molar-refractivity contribution in [1.29, 1.82) is 0 Å². The van der Waals surface area contributed by atoms with Gasteiger partial charge in [0.05, 0.1) is 6.61 Å². The average Bonchev–Trinajstić information content (AvgIpc) is 2.64. The Labute approximate surface area is 200 Å². The molecule has 1 rings (SSSR count). The van der Waals surface area contributed by atoms with Crippen molar-refractivity contribution in [2.24, 2.45) is 10.9 Å². The van der Waals surface area contributed by atoms with Crippen LogP contribution in [-0.2, 0) is 9.47 Å². The minimum Gasteiger partial charge on any atom is -0.444 e. The van der Waals surface area contributed by atoms with Crippen molar-refractivity contribution < 1.29 is 14.3 Å². The van der Waals surface area contributed by atoms with Gasteiger partial charge in [0.1, 0.15) is 5.60 Å². The fourth-order valence-corrected chi connectivity index (χ4v) is 3.22. The van der Waals surface area contributed by atoms with Crippen LogP contribution in [0.4, 0.5) is 4.79 Å². The zero-order valence-electron chi connectivity index (χ0n) is 20.0. The van der Waals surface area contributed by atoms with E-state index in [0.29, 0.717) is 19.1 Å². The first-order valence-electron chi connectivity index (χ1n) is 10.8. The van der Waals surface area contributed by atoms with E-state index in [4.69, 9.17) is 14.5 Å². The van der Waals surface area contributed by atoms with Gasteiger partial charge in [-0.3, -0.25) is 4.99 Å². The van der Waals surface area contributed by atoms with E-state index < -0.39 is 5.60 Å². The van der Waals surface area contributed by atoms with Crippen LogP contribution in [0, 0.1) is 5.92 Å². The molecule has 1 atom stereocenters. The van der Waals surface area contributed by atoms with Crippen molar-refractivity contribution in [3.05, 3.63) is 0 Å². The summed E-state index contributed by atoms with van der Waals surface area (Å²) >= 11 is 0. The molecule has 1 heterocycles. The summed E-state index contributed by atoms with van der Waals surface area (Å²) in [6, 6.07) is 0.436. The Morgan fingerprint density at radius 1 is 1.30 bits per heavy atom. The minimum atomic E-state index is -0.478. The molecule has 1 saturated heterocycles. The van der Waals surface area contributed by atoms with Gasteiger partial charge in [-0.2, -0.15) is 0 Å². The van der Waals surface area contributed by atoms with Crippen molar-refractivity contribution in [3.8, 4) is 0 Å². The zero-order valence-corrected chi connectivity index (χ0v) is 22.3. The van der Waals surface area contributed by atoms with Gasteiger partial charge in [-0.25, -0.2) is 4.79 Å². The zero-order chi connectivity index (χ0) is 21.9. The Kier molecular flexibility index (Phi) is 14.7. The monoisotopic (exact) mass is 541 g/mol. The van der Waals surface area contributed by atoms with E-state index in [0.717, 1.165) is 51.6 Å². The van der Waals surface area contributed by atoms with Crippen molar-refractivity contribution in [2.45, 2.75) is 59.1 Å². The number of nitrogens with one attached hydrogen (secondary N) is 2. The summed E-state index contributed by atoms with van der Waals surface area (Å²) in [5.74, 6) is 1.09. The molecule has 0 radical (unpaired) electrons. The minimum absolute atomic E-state index is 0. The Hall–Kier alpha value is -0.810. The summed E-state index contributed by atoms with van der Waals surface area (Å²) in [5.41, 5.74) is -0.478. The van der Waals surface area contributed by atoms with Crippen LogP contribution in [0.1, 0.15) is 47.5 Å². The summed E-state index contributed by atoms with van der Waals surface area (Å²) in [5, 5.41) is 6.91. The number of guanidine groups is 1. The maximum Gasteiger partial charge on any atom is 0.410 e. The summed E-state index contributed by atoms with van der Waals surface area (Å²) in [6.45, 7) is 15.8. The van der Waals surface area contributed by atoms with Crippen LogP contribution in [0.15, 0.2) is 4.99 Å². The van der Waals surface area contributed by atoms with E-state index in [1.807, 2.05) is 20.8 Å². The van der Waals surface area contributed by atoms with Crippen LogP contribution >= 0.6 is 24.0 Å². The quantitative estimate of drug-likeness (QED) is 0.266. The van der Waals surface area contributed by atoms with E-state index in [9.17, 15) is 4.79 Å². The average molecular weight is 542 g/mol. The van der Waals surface area contributed by atoms with Crippen molar-refractivity contribution >= 4 is 36.0 Å². The maximum absolute atomic E-state index is 12.1. The van der Waals surface area contributed by atoms with Gasteiger partial charge in [0.25, 0.3) is 0 Å². The molecule has 0 aliphatic carbocycles. The molecule has 0 aromatic carbocycles. The number of hydrogen-bond donors (Lipinski definition) is 2. The molecule has 8 nitrogen and oxygen atoms in total. The lowest BCUT2D eigenvalue weighted by Crippen LogP contribution is -2.49. The predicted octanol–water partition coefficient (Wildman–Crippen LogP) is 2.77. The number of rotatable bonds is 9. The fraction of sp³-hybridized carbons (Fsp3) is 0.905. The lowest BCUT2D eigenvalue weighted by atomic mass is 10.1. The van der Waals surface area contributed by atoms with E-state index >= 15 is 0 Å². The number of carbonyl (C=O) groups is 1. The number of aliphatic imine (C=N–C) groups is 1. The summed E-state index contributed by atoms with van der Waals surface area (Å²) in [7, 11) is 3.52. The molecular weight excluding hydrogens is 497 g/mol. The second kappa shape index (κ2) is 15.1. The first-order chi connectivity index (χ1) is 13.6. The molecule has 0 aromatic rings. The number of hydrogen-bond acceptors (Lipinski definition) is 5. The standard InChI is InChI=1S/C21H43N5O3.HI/c1-8-22-19(24-18-9-11-26(12-10-18)13-14-28-7)23-15-17(2)16-25(6)20(27)29-21(3,4)5;/h17-18H,8-16H2,1-7H3,(H2,22,23,24);1H. The van der Waals surface area contributed by atoms with Crippen LogP contribution in [0.5, 0.6) is 0 Å². The van der Waals surface area contributed by atoms with Gasteiger partial charge in [0.15, 0.2) is 5.96 Å². The van der Waals surface area contributed by atoms with Crippen LogP contribution in [0.25, 0.3) is 0 Å². The topological polar surface area (TPSA) is 78.4 Å². The third-order valence-corrected chi connectivity index (χ3v) is 4.74. The number of nitrogens with zero attached hydrogens (tertiary/aromatic N) is 3. The predicted molar refractivity (Wildman–Crippen MR) is 134 cm³/mol.